The Morgan fingerprint density at radius 3 is 2.42 bits per heavy atom. The SMILES string of the molecule is COC(=O)c1c(CCC(NC(=O)OC(C)(C)C)C(C)C)ccn1C. The fraction of sp³-hybridized carbons (Fsp3) is 0.667. The minimum atomic E-state index is -0.525. The van der Waals surface area contributed by atoms with Gasteiger partial charge in [-0.25, -0.2) is 9.59 Å². The first-order valence-electron chi connectivity index (χ1n) is 8.27. The van der Waals surface area contributed by atoms with Crippen molar-refractivity contribution in [2.24, 2.45) is 13.0 Å². The molecule has 136 valence electrons. The third-order valence-electron chi connectivity index (χ3n) is 3.77. The highest BCUT2D eigenvalue weighted by Gasteiger charge is 2.23. The van der Waals surface area contributed by atoms with Gasteiger partial charge in [-0.15, -0.1) is 0 Å². The minimum absolute atomic E-state index is 0.0365. The largest absolute Gasteiger partial charge is 0.464 e. The summed E-state index contributed by atoms with van der Waals surface area (Å²) in [4.78, 5) is 23.9. The molecule has 0 aliphatic carbocycles. The van der Waals surface area contributed by atoms with Crippen molar-refractivity contribution in [2.45, 2.75) is 59.1 Å². The summed E-state index contributed by atoms with van der Waals surface area (Å²) in [5.41, 5.74) is 0.946. The second-order valence-electron chi connectivity index (χ2n) is 7.33. The number of esters is 1. The Bertz CT molecular complexity index is 570. The Kier molecular flexibility index (Phi) is 6.87. The van der Waals surface area contributed by atoms with E-state index in [1.165, 1.54) is 7.11 Å². The molecule has 1 aromatic rings. The van der Waals surface area contributed by atoms with Crippen LogP contribution < -0.4 is 5.32 Å². The van der Waals surface area contributed by atoms with Crippen LogP contribution in [0.3, 0.4) is 0 Å². The molecule has 0 aliphatic heterocycles. The van der Waals surface area contributed by atoms with E-state index in [4.69, 9.17) is 9.47 Å². The van der Waals surface area contributed by atoms with E-state index in [0.717, 1.165) is 5.56 Å². The van der Waals surface area contributed by atoms with E-state index in [1.54, 1.807) is 4.57 Å². The standard InChI is InChI=1S/C18H30N2O4/c1-12(2)14(19-17(22)24-18(3,4)5)9-8-13-10-11-20(6)15(13)16(21)23-7/h10-12,14H,8-9H2,1-7H3,(H,19,22). The van der Waals surface area contributed by atoms with Crippen LogP contribution in [0, 0.1) is 5.92 Å². The summed E-state index contributed by atoms with van der Waals surface area (Å²) in [6.45, 7) is 9.61. The highest BCUT2D eigenvalue weighted by molar-refractivity contribution is 5.89. The van der Waals surface area contributed by atoms with Crippen LogP contribution in [0.25, 0.3) is 0 Å². The summed E-state index contributed by atoms with van der Waals surface area (Å²) in [6, 6.07) is 1.88. The monoisotopic (exact) mass is 338 g/mol. The van der Waals surface area contributed by atoms with E-state index in [2.05, 4.69) is 5.32 Å². The number of hydrogen-bond donors (Lipinski definition) is 1. The first-order valence-corrected chi connectivity index (χ1v) is 8.27. The molecule has 0 saturated heterocycles. The average molecular weight is 338 g/mol. The number of aryl methyl sites for hydroxylation is 2. The van der Waals surface area contributed by atoms with Crippen LogP contribution in [-0.4, -0.2) is 35.4 Å². The Morgan fingerprint density at radius 2 is 1.92 bits per heavy atom. The zero-order chi connectivity index (χ0) is 18.5. The smallest absolute Gasteiger partial charge is 0.407 e. The molecule has 1 N–H and O–H groups in total. The Labute approximate surface area is 144 Å². The van der Waals surface area contributed by atoms with Gasteiger partial charge in [0.1, 0.15) is 11.3 Å². The molecule has 1 atom stereocenters. The molecule has 6 heteroatoms. The van der Waals surface area contributed by atoms with Crippen molar-refractivity contribution < 1.29 is 19.1 Å². The third-order valence-corrected chi connectivity index (χ3v) is 3.77. The van der Waals surface area contributed by atoms with Gasteiger partial charge in [-0.05, 0) is 51.2 Å². The number of hydrogen-bond acceptors (Lipinski definition) is 4. The maximum Gasteiger partial charge on any atom is 0.407 e. The van der Waals surface area contributed by atoms with E-state index in [9.17, 15) is 9.59 Å². The molecular formula is C18H30N2O4. The van der Waals surface area contributed by atoms with Gasteiger partial charge in [0.15, 0.2) is 0 Å². The van der Waals surface area contributed by atoms with Gasteiger partial charge in [0, 0.05) is 19.3 Å². The lowest BCUT2D eigenvalue weighted by molar-refractivity contribution is 0.0485. The Balaban J connectivity index is 2.75. The molecule has 24 heavy (non-hydrogen) atoms. The number of ether oxygens (including phenoxy) is 2. The molecule has 0 aliphatic rings. The van der Waals surface area contributed by atoms with Crippen molar-refractivity contribution in [1.82, 2.24) is 9.88 Å². The van der Waals surface area contributed by atoms with Crippen molar-refractivity contribution in [1.29, 1.82) is 0 Å². The zero-order valence-electron chi connectivity index (χ0n) is 15.8. The minimum Gasteiger partial charge on any atom is -0.464 e. The van der Waals surface area contributed by atoms with Crippen molar-refractivity contribution in [3.05, 3.63) is 23.5 Å². The first-order chi connectivity index (χ1) is 11.0. The van der Waals surface area contributed by atoms with E-state index in [0.29, 0.717) is 18.5 Å². The number of aromatic nitrogens is 1. The van der Waals surface area contributed by atoms with Gasteiger partial charge in [-0.1, -0.05) is 13.8 Å². The number of carbonyl (C=O) groups is 2. The summed E-state index contributed by atoms with van der Waals surface area (Å²) in [5.74, 6) is -0.0958. The lowest BCUT2D eigenvalue weighted by Crippen LogP contribution is -2.42. The van der Waals surface area contributed by atoms with E-state index in [1.807, 2.05) is 53.9 Å². The topological polar surface area (TPSA) is 69.6 Å². The molecule has 1 aromatic heterocycles. The quantitative estimate of drug-likeness (QED) is 0.808. The highest BCUT2D eigenvalue weighted by Crippen LogP contribution is 2.17. The fourth-order valence-electron chi connectivity index (χ4n) is 2.50. The van der Waals surface area contributed by atoms with E-state index >= 15 is 0 Å². The van der Waals surface area contributed by atoms with Crippen LogP contribution >= 0.6 is 0 Å². The number of rotatable bonds is 6. The molecular weight excluding hydrogens is 308 g/mol. The van der Waals surface area contributed by atoms with Crippen molar-refractivity contribution in [3.8, 4) is 0 Å². The van der Waals surface area contributed by atoms with E-state index in [-0.39, 0.29) is 17.9 Å². The van der Waals surface area contributed by atoms with Crippen LogP contribution in [0.2, 0.25) is 0 Å². The molecule has 1 unspecified atom stereocenters. The molecule has 0 bridgehead atoms. The van der Waals surface area contributed by atoms with E-state index < -0.39 is 11.7 Å². The second kappa shape index (κ2) is 8.22. The summed E-state index contributed by atoms with van der Waals surface area (Å²) >= 11 is 0. The predicted molar refractivity (Wildman–Crippen MR) is 93.1 cm³/mol. The molecule has 1 amide bonds. The molecule has 0 saturated carbocycles. The zero-order valence-corrected chi connectivity index (χ0v) is 15.8. The van der Waals surface area contributed by atoms with Gasteiger partial charge < -0.3 is 19.4 Å². The lowest BCUT2D eigenvalue weighted by atomic mass is 9.97. The molecule has 0 fully saturated rings. The van der Waals surface area contributed by atoms with Crippen molar-refractivity contribution >= 4 is 12.1 Å². The van der Waals surface area contributed by atoms with Crippen LogP contribution in [0.15, 0.2) is 12.3 Å². The van der Waals surface area contributed by atoms with Gasteiger partial charge in [0.25, 0.3) is 0 Å². The van der Waals surface area contributed by atoms with Gasteiger partial charge in [-0.2, -0.15) is 0 Å². The summed E-state index contributed by atoms with van der Waals surface area (Å²) < 4.78 is 11.9. The number of nitrogens with one attached hydrogen (secondary N) is 1. The van der Waals surface area contributed by atoms with Crippen molar-refractivity contribution in [2.75, 3.05) is 7.11 Å². The van der Waals surface area contributed by atoms with Crippen LogP contribution in [0.5, 0.6) is 0 Å². The number of nitrogens with zero attached hydrogens (tertiary/aromatic N) is 1. The Hall–Kier alpha value is -1.98. The Morgan fingerprint density at radius 1 is 1.29 bits per heavy atom. The normalized spacial score (nSPS) is 12.8. The fourth-order valence-corrected chi connectivity index (χ4v) is 2.50. The highest BCUT2D eigenvalue weighted by atomic mass is 16.6. The van der Waals surface area contributed by atoms with Crippen molar-refractivity contribution in [3.63, 3.8) is 0 Å². The molecule has 6 nitrogen and oxygen atoms in total. The van der Waals surface area contributed by atoms with Crippen LogP contribution in [0.4, 0.5) is 4.79 Å². The molecule has 0 radical (unpaired) electrons. The maximum absolute atomic E-state index is 12.0. The number of methoxy groups -OCH3 is 1. The second-order valence-corrected chi connectivity index (χ2v) is 7.33. The maximum atomic E-state index is 12.0. The van der Waals surface area contributed by atoms with Gasteiger partial charge >= 0.3 is 12.1 Å². The molecule has 0 aromatic carbocycles. The average Bonchev–Trinajstić information content (AvgIpc) is 2.81. The van der Waals surface area contributed by atoms with Gasteiger partial charge in [-0.3, -0.25) is 0 Å². The summed E-state index contributed by atoms with van der Waals surface area (Å²) in [5, 5.41) is 2.93. The molecule has 0 spiro atoms. The first kappa shape index (κ1) is 20.1. The number of alkyl carbamates (subject to hydrolysis) is 1. The number of amides is 1. The van der Waals surface area contributed by atoms with Crippen LogP contribution in [0.1, 0.15) is 57.1 Å². The lowest BCUT2D eigenvalue weighted by Gasteiger charge is -2.25. The molecule has 1 rings (SSSR count). The third kappa shape index (κ3) is 5.91. The van der Waals surface area contributed by atoms with Gasteiger partial charge in [0.05, 0.1) is 7.11 Å². The van der Waals surface area contributed by atoms with Crippen LogP contribution in [-0.2, 0) is 22.9 Å². The summed E-state index contributed by atoms with van der Waals surface area (Å²) in [7, 11) is 3.19. The molecule has 1 heterocycles. The number of carbonyl (C=O) groups excluding carboxylic acids is 2. The van der Waals surface area contributed by atoms with Gasteiger partial charge in [0.2, 0.25) is 0 Å². The predicted octanol–water partition coefficient (Wildman–Crippen LogP) is 3.29. The summed E-state index contributed by atoms with van der Waals surface area (Å²) in [6.07, 6.45) is 2.81.